The predicted molar refractivity (Wildman–Crippen MR) is 120 cm³/mol. The molecule has 0 spiro atoms. The van der Waals surface area contributed by atoms with E-state index in [2.05, 4.69) is 10.2 Å². The van der Waals surface area contributed by atoms with E-state index < -0.39 is 24.0 Å². The van der Waals surface area contributed by atoms with Gasteiger partial charge in [0.15, 0.2) is 17.1 Å². The average molecular weight is 454 g/mol. The normalized spacial score (nSPS) is 11.7. The van der Waals surface area contributed by atoms with Crippen LogP contribution >= 0.6 is 11.8 Å². The number of para-hydroxylation sites is 1. The van der Waals surface area contributed by atoms with Crippen LogP contribution in [0.5, 0.6) is 0 Å². The van der Waals surface area contributed by atoms with Crippen LogP contribution in [0, 0.1) is 5.92 Å². The minimum absolute atomic E-state index is 0.104. The van der Waals surface area contributed by atoms with Crippen LogP contribution in [0.25, 0.3) is 17.1 Å². The summed E-state index contributed by atoms with van der Waals surface area (Å²) >= 11 is 1.14. The van der Waals surface area contributed by atoms with E-state index in [-0.39, 0.29) is 11.7 Å². The summed E-state index contributed by atoms with van der Waals surface area (Å²) in [6.45, 7) is 3.40. The van der Waals surface area contributed by atoms with Gasteiger partial charge >= 0.3 is 12.0 Å². The Hall–Kier alpha value is -3.66. The number of imide groups is 1. The van der Waals surface area contributed by atoms with Gasteiger partial charge in [-0.3, -0.25) is 19.5 Å². The predicted octanol–water partition coefficient (Wildman–Crippen LogP) is 2.79. The van der Waals surface area contributed by atoms with Crippen LogP contribution in [0.3, 0.4) is 0 Å². The van der Waals surface area contributed by atoms with E-state index >= 15 is 0 Å². The van der Waals surface area contributed by atoms with Gasteiger partial charge in [-0.2, -0.15) is 0 Å². The lowest BCUT2D eigenvalue weighted by Gasteiger charge is -2.19. The lowest BCUT2D eigenvalue weighted by Crippen LogP contribution is -2.45. The van der Waals surface area contributed by atoms with E-state index in [1.807, 2.05) is 70.5 Å². The van der Waals surface area contributed by atoms with Crippen molar-refractivity contribution >= 4 is 29.7 Å². The molecule has 0 saturated carbocycles. The lowest BCUT2D eigenvalue weighted by molar-refractivity contribution is -0.155. The van der Waals surface area contributed by atoms with Gasteiger partial charge in [0.05, 0.1) is 5.75 Å². The quantitative estimate of drug-likeness (QED) is 0.396. The SMILES string of the molecule is CC(C)C(OC(=O)CSc1nnc(-c2ccccc2)n1-c1ccccc1)C(=O)NC(N)=O. The number of carbonyl (C=O) groups is 3. The number of primary amides is 1. The van der Waals surface area contributed by atoms with E-state index in [4.69, 9.17) is 10.5 Å². The molecule has 1 unspecified atom stereocenters. The molecule has 0 fully saturated rings. The summed E-state index contributed by atoms with van der Waals surface area (Å²) in [4.78, 5) is 35.5. The van der Waals surface area contributed by atoms with Gasteiger partial charge in [-0.15, -0.1) is 10.2 Å². The zero-order valence-corrected chi connectivity index (χ0v) is 18.4. The van der Waals surface area contributed by atoms with Gasteiger partial charge in [-0.1, -0.05) is 74.1 Å². The molecule has 1 heterocycles. The van der Waals surface area contributed by atoms with Gasteiger partial charge in [0.1, 0.15) is 0 Å². The highest BCUT2D eigenvalue weighted by Gasteiger charge is 2.28. The van der Waals surface area contributed by atoms with Crippen molar-refractivity contribution in [3.8, 4) is 17.1 Å². The molecule has 166 valence electrons. The van der Waals surface area contributed by atoms with Gasteiger partial charge in [0.25, 0.3) is 5.91 Å². The summed E-state index contributed by atoms with van der Waals surface area (Å²) in [6.07, 6.45) is -1.14. The fourth-order valence-corrected chi connectivity index (χ4v) is 3.67. The first-order valence-corrected chi connectivity index (χ1v) is 10.8. The number of thioether (sulfide) groups is 1. The molecular formula is C22H23N5O4S. The summed E-state index contributed by atoms with van der Waals surface area (Å²) in [6, 6.07) is 18.1. The second-order valence-electron chi connectivity index (χ2n) is 7.14. The standard InChI is InChI=1S/C22H23N5O4S/c1-14(2)18(20(29)24-21(23)30)31-17(28)13-32-22-26-25-19(15-9-5-3-6-10-15)27(22)16-11-7-4-8-12-16/h3-12,14,18H,13H2,1-2H3,(H3,23,24,29,30). The van der Waals surface area contributed by atoms with Gasteiger partial charge in [0.2, 0.25) is 0 Å². The van der Waals surface area contributed by atoms with Gasteiger partial charge in [-0.05, 0) is 18.1 Å². The molecule has 32 heavy (non-hydrogen) atoms. The Morgan fingerprint density at radius 2 is 1.66 bits per heavy atom. The van der Waals surface area contributed by atoms with Crippen molar-refractivity contribution in [1.82, 2.24) is 20.1 Å². The maximum absolute atomic E-state index is 12.4. The number of aromatic nitrogens is 3. The Kier molecular flexibility index (Phi) is 7.61. The summed E-state index contributed by atoms with van der Waals surface area (Å²) < 4.78 is 7.15. The maximum atomic E-state index is 12.4. The van der Waals surface area contributed by atoms with E-state index in [9.17, 15) is 14.4 Å². The number of hydrogen-bond donors (Lipinski definition) is 2. The number of hydrogen-bond acceptors (Lipinski definition) is 7. The smallest absolute Gasteiger partial charge is 0.318 e. The lowest BCUT2D eigenvalue weighted by atomic mass is 10.1. The van der Waals surface area contributed by atoms with Crippen molar-refractivity contribution < 1.29 is 19.1 Å². The molecule has 0 radical (unpaired) electrons. The minimum Gasteiger partial charge on any atom is -0.451 e. The van der Waals surface area contributed by atoms with Crippen LogP contribution in [0.15, 0.2) is 65.8 Å². The van der Waals surface area contributed by atoms with Crippen LogP contribution < -0.4 is 11.1 Å². The van der Waals surface area contributed by atoms with Gasteiger partial charge in [0, 0.05) is 11.3 Å². The molecule has 3 aromatic rings. The van der Waals surface area contributed by atoms with Crippen molar-refractivity contribution in [3.63, 3.8) is 0 Å². The number of benzene rings is 2. The zero-order chi connectivity index (χ0) is 23.1. The average Bonchev–Trinajstić information content (AvgIpc) is 3.20. The first-order chi connectivity index (χ1) is 15.4. The third-order valence-electron chi connectivity index (χ3n) is 4.37. The van der Waals surface area contributed by atoms with Crippen LogP contribution in [-0.4, -0.2) is 44.5 Å². The minimum atomic E-state index is -1.14. The number of nitrogens with two attached hydrogens (primary N) is 1. The molecule has 0 aliphatic carbocycles. The number of rotatable bonds is 8. The van der Waals surface area contributed by atoms with Crippen molar-refractivity contribution in [2.45, 2.75) is 25.1 Å². The molecule has 1 aromatic heterocycles. The maximum Gasteiger partial charge on any atom is 0.318 e. The molecule has 0 aliphatic rings. The number of carbonyl (C=O) groups excluding carboxylic acids is 3. The Bertz CT molecular complexity index is 1090. The zero-order valence-electron chi connectivity index (χ0n) is 17.6. The molecule has 0 aliphatic heterocycles. The molecule has 3 amide bonds. The Balaban J connectivity index is 1.79. The van der Waals surface area contributed by atoms with E-state index in [0.717, 1.165) is 23.0 Å². The second-order valence-corrected chi connectivity index (χ2v) is 8.08. The van der Waals surface area contributed by atoms with Crippen molar-refractivity contribution in [2.75, 3.05) is 5.75 Å². The van der Waals surface area contributed by atoms with Crippen molar-refractivity contribution in [2.24, 2.45) is 11.7 Å². The molecule has 3 N–H and O–H groups in total. The molecular weight excluding hydrogens is 430 g/mol. The monoisotopic (exact) mass is 453 g/mol. The Labute approximate surface area is 189 Å². The fourth-order valence-electron chi connectivity index (χ4n) is 2.93. The summed E-state index contributed by atoms with van der Waals surface area (Å²) in [7, 11) is 0. The van der Waals surface area contributed by atoms with Crippen molar-refractivity contribution in [3.05, 3.63) is 60.7 Å². The summed E-state index contributed by atoms with van der Waals surface area (Å²) in [5.41, 5.74) is 6.70. The number of nitrogens with zero attached hydrogens (tertiary/aromatic N) is 3. The molecule has 9 nitrogen and oxygen atoms in total. The van der Waals surface area contributed by atoms with Crippen LogP contribution in [0.4, 0.5) is 4.79 Å². The van der Waals surface area contributed by atoms with Crippen LogP contribution in [-0.2, 0) is 14.3 Å². The summed E-state index contributed by atoms with van der Waals surface area (Å²) in [5.74, 6) is -1.20. The molecule has 0 saturated heterocycles. The van der Waals surface area contributed by atoms with E-state index in [1.165, 1.54) is 0 Å². The third kappa shape index (κ3) is 5.73. The summed E-state index contributed by atoms with van der Waals surface area (Å²) in [5, 5.41) is 11.0. The van der Waals surface area contributed by atoms with E-state index in [0.29, 0.717) is 11.0 Å². The Morgan fingerprint density at radius 3 is 2.25 bits per heavy atom. The molecule has 2 aromatic carbocycles. The van der Waals surface area contributed by atoms with Gasteiger partial charge < -0.3 is 10.5 Å². The number of nitrogens with one attached hydrogen (secondary N) is 1. The number of urea groups is 1. The molecule has 1 atom stereocenters. The second kappa shape index (κ2) is 10.6. The van der Waals surface area contributed by atoms with Crippen LogP contribution in [0.2, 0.25) is 0 Å². The molecule has 3 rings (SSSR count). The first-order valence-electron chi connectivity index (χ1n) is 9.85. The topological polar surface area (TPSA) is 129 Å². The fraction of sp³-hybridized carbons (Fsp3) is 0.227. The molecule has 0 bridgehead atoms. The first kappa shape index (κ1) is 23.0. The highest BCUT2D eigenvalue weighted by Crippen LogP contribution is 2.28. The third-order valence-corrected chi connectivity index (χ3v) is 5.27. The highest BCUT2D eigenvalue weighted by atomic mass is 32.2. The number of amides is 3. The largest absolute Gasteiger partial charge is 0.451 e. The Morgan fingerprint density at radius 1 is 1.03 bits per heavy atom. The van der Waals surface area contributed by atoms with Gasteiger partial charge in [-0.25, -0.2) is 4.79 Å². The number of ether oxygens (including phenoxy) is 1. The van der Waals surface area contributed by atoms with Crippen molar-refractivity contribution in [1.29, 1.82) is 0 Å². The highest BCUT2D eigenvalue weighted by molar-refractivity contribution is 7.99. The van der Waals surface area contributed by atoms with E-state index in [1.54, 1.807) is 13.8 Å². The number of esters is 1. The molecule has 10 heteroatoms. The van der Waals surface area contributed by atoms with Crippen LogP contribution in [0.1, 0.15) is 13.8 Å².